The molecule has 4 nitrogen and oxygen atoms in total. The van der Waals surface area contributed by atoms with Crippen LogP contribution in [0.1, 0.15) is 26.3 Å². The van der Waals surface area contributed by atoms with Crippen LogP contribution in [0.3, 0.4) is 0 Å². The van der Waals surface area contributed by atoms with Crippen molar-refractivity contribution < 1.29 is 19.7 Å². The fourth-order valence-corrected chi connectivity index (χ4v) is 1.46. The first-order valence-electron chi connectivity index (χ1n) is 5.51. The first-order chi connectivity index (χ1) is 7.90. The molecular weight excluding hydrogens is 220 g/mol. The Morgan fingerprint density at radius 3 is 2.24 bits per heavy atom. The van der Waals surface area contributed by atoms with Crippen molar-refractivity contribution >= 4 is 5.97 Å². The van der Waals surface area contributed by atoms with Crippen LogP contribution < -0.4 is 4.74 Å². The maximum absolute atomic E-state index is 11.1. The molecule has 1 aromatic carbocycles. The molecular formula is C13H18O4. The van der Waals surface area contributed by atoms with Gasteiger partial charge < -0.3 is 14.9 Å². The van der Waals surface area contributed by atoms with Gasteiger partial charge in [0.05, 0.1) is 12.7 Å². The van der Waals surface area contributed by atoms with E-state index in [9.17, 15) is 9.90 Å². The third kappa shape index (κ3) is 2.97. The largest absolute Gasteiger partial charge is 0.491 e. The Kier molecular flexibility index (Phi) is 4.12. The number of carboxylic acids is 1. The lowest BCUT2D eigenvalue weighted by atomic mass is 9.83. The number of aliphatic carboxylic acids is 1. The van der Waals surface area contributed by atoms with Crippen molar-refractivity contribution in [2.24, 2.45) is 0 Å². The summed E-state index contributed by atoms with van der Waals surface area (Å²) in [4.78, 5) is 11.1. The van der Waals surface area contributed by atoms with E-state index in [1.807, 2.05) is 13.8 Å². The quantitative estimate of drug-likeness (QED) is 0.821. The van der Waals surface area contributed by atoms with E-state index in [1.54, 1.807) is 24.3 Å². The molecule has 0 aromatic heterocycles. The predicted molar refractivity (Wildman–Crippen MR) is 64.3 cm³/mol. The number of carbonyl (C=O) groups is 1. The molecule has 0 radical (unpaired) electrons. The zero-order valence-corrected chi connectivity index (χ0v) is 10.3. The van der Waals surface area contributed by atoms with Gasteiger partial charge in [-0.2, -0.15) is 0 Å². The average Bonchev–Trinajstić information content (AvgIpc) is 2.28. The fourth-order valence-electron chi connectivity index (χ4n) is 1.46. The van der Waals surface area contributed by atoms with Crippen molar-refractivity contribution in [1.29, 1.82) is 0 Å². The molecule has 0 fully saturated rings. The Hall–Kier alpha value is -1.55. The Labute approximate surface area is 101 Å². The number of carboxylic acid groups (broad SMARTS) is 1. The summed E-state index contributed by atoms with van der Waals surface area (Å²) in [5, 5.41) is 18.3. The minimum absolute atomic E-state index is 0.0737. The van der Waals surface area contributed by atoms with Gasteiger partial charge in [-0.25, -0.2) is 0 Å². The van der Waals surface area contributed by atoms with Crippen LogP contribution >= 0.6 is 0 Å². The Balaban J connectivity index is 2.97. The maximum atomic E-state index is 11.1. The van der Waals surface area contributed by atoms with Gasteiger partial charge in [-0.15, -0.1) is 0 Å². The average molecular weight is 238 g/mol. The summed E-state index contributed by atoms with van der Waals surface area (Å²) in [5.74, 6) is -0.355. The molecule has 1 atom stereocenters. The Bertz CT molecular complexity index is 383. The summed E-state index contributed by atoms with van der Waals surface area (Å²) in [5.41, 5.74) is -0.709. The van der Waals surface area contributed by atoms with Crippen molar-refractivity contribution in [3.63, 3.8) is 0 Å². The minimum Gasteiger partial charge on any atom is -0.491 e. The van der Waals surface area contributed by atoms with E-state index in [1.165, 1.54) is 6.92 Å². The third-order valence-corrected chi connectivity index (χ3v) is 2.65. The van der Waals surface area contributed by atoms with Gasteiger partial charge in [-0.1, -0.05) is 12.1 Å². The third-order valence-electron chi connectivity index (χ3n) is 2.65. The lowest BCUT2D eigenvalue weighted by Crippen LogP contribution is -2.36. The highest BCUT2D eigenvalue weighted by Gasteiger charge is 2.34. The van der Waals surface area contributed by atoms with Crippen LogP contribution in [0.2, 0.25) is 0 Å². The smallest absolute Gasteiger partial charge is 0.316 e. The van der Waals surface area contributed by atoms with E-state index in [4.69, 9.17) is 9.84 Å². The molecule has 94 valence electrons. The van der Waals surface area contributed by atoms with Gasteiger partial charge in [0.1, 0.15) is 11.2 Å². The standard InChI is InChI=1S/C13H18O4/c1-9(2)17-11-6-4-10(5-7-11)13(3,8-14)12(15)16/h4-7,9,14H,8H2,1-3H3,(H,15,16). The summed E-state index contributed by atoms with van der Waals surface area (Å²) < 4.78 is 5.47. The summed E-state index contributed by atoms with van der Waals surface area (Å²) in [6, 6.07) is 6.77. The number of aliphatic hydroxyl groups is 1. The topological polar surface area (TPSA) is 66.8 Å². The molecule has 1 unspecified atom stereocenters. The molecule has 0 aliphatic carbocycles. The molecule has 1 rings (SSSR count). The van der Waals surface area contributed by atoms with Gasteiger partial charge in [0, 0.05) is 0 Å². The van der Waals surface area contributed by atoms with E-state index in [2.05, 4.69) is 0 Å². The predicted octanol–water partition coefficient (Wildman–Crippen LogP) is 1.81. The van der Waals surface area contributed by atoms with E-state index in [-0.39, 0.29) is 6.10 Å². The molecule has 0 heterocycles. The van der Waals surface area contributed by atoms with Crippen molar-refractivity contribution in [2.45, 2.75) is 32.3 Å². The SMILES string of the molecule is CC(C)Oc1ccc(C(C)(CO)C(=O)O)cc1. The van der Waals surface area contributed by atoms with Crippen molar-refractivity contribution in [2.75, 3.05) is 6.61 Å². The van der Waals surface area contributed by atoms with Crippen molar-refractivity contribution in [3.8, 4) is 5.75 Å². The van der Waals surface area contributed by atoms with Gasteiger partial charge in [-0.05, 0) is 38.5 Å². The van der Waals surface area contributed by atoms with E-state index >= 15 is 0 Å². The molecule has 0 saturated heterocycles. The Morgan fingerprint density at radius 2 is 1.88 bits per heavy atom. The summed E-state index contributed by atoms with van der Waals surface area (Å²) in [6.07, 6.45) is 0.0737. The number of ether oxygens (including phenoxy) is 1. The molecule has 0 aliphatic heterocycles. The monoisotopic (exact) mass is 238 g/mol. The van der Waals surface area contributed by atoms with Gasteiger partial charge in [-0.3, -0.25) is 4.79 Å². The summed E-state index contributed by atoms with van der Waals surface area (Å²) in [7, 11) is 0. The number of rotatable bonds is 5. The number of aliphatic hydroxyl groups excluding tert-OH is 1. The zero-order chi connectivity index (χ0) is 13.1. The van der Waals surface area contributed by atoms with Crippen LogP contribution in [0, 0.1) is 0 Å². The second kappa shape index (κ2) is 5.19. The highest BCUT2D eigenvalue weighted by Crippen LogP contribution is 2.26. The molecule has 1 aromatic rings. The molecule has 0 amide bonds. The number of hydrogen-bond acceptors (Lipinski definition) is 3. The molecule has 17 heavy (non-hydrogen) atoms. The minimum atomic E-state index is -1.27. The summed E-state index contributed by atoms with van der Waals surface area (Å²) >= 11 is 0. The summed E-state index contributed by atoms with van der Waals surface area (Å²) in [6.45, 7) is 4.90. The van der Waals surface area contributed by atoms with E-state index in [0.717, 1.165) is 0 Å². The Morgan fingerprint density at radius 1 is 1.35 bits per heavy atom. The highest BCUT2D eigenvalue weighted by atomic mass is 16.5. The van der Waals surface area contributed by atoms with Crippen molar-refractivity contribution in [3.05, 3.63) is 29.8 Å². The number of hydrogen-bond donors (Lipinski definition) is 2. The molecule has 0 bridgehead atoms. The van der Waals surface area contributed by atoms with Crippen LogP contribution in [0.25, 0.3) is 0 Å². The van der Waals surface area contributed by atoms with Gasteiger partial charge >= 0.3 is 5.97 Å². The van der Waals surface area contributed by atoms with Crippen LogP contribution in [0.5, 0.6) is 5.75 Å². The van der Waals surface area contributed by atoms with Gasteiger partial charge in [0.2, 0.25) is 0 Å². The normalized spacial score (nSPS) is 14.4. The van der Waals surface area contributed by atoms with Crippen LogP contribution in [0.4, 0.5) is 0 Å². The number of benzene rings is 1. The second-order valence-electron chi connectivity index (χ2n) is 4.49. The molecule has 2 N–H and O–H groups in total. The van der Waals surface area contributed by atoms with Crippen LogP contribution in [-0.4, -0.2) is 28.9 Å². The molecule has 4 heteroatoms. The van der Waals surface area contributed by atoms with E-state index in [0.29, 0.717) is 11.3 Å². The molecule has 0 spiro atoms. The van der Waals surface area contributed by atoms with E-state index < -0.39 is 18.0 Å². The maximum Gasteiger partial charge on any atom is 0.316 e. The zero-order valence-electron chi connectivity index (χ0n) is 10.3. The van der Waals surface area contributed by atoms with Crippen molar-refractivity contribution in [1.82, 2.24) is 0 Å². The molecule has 0 aliphatic rings. The first kappa shape index (κ1) is 13.5. The fraction of sp³-hybridized carbons (Fsp3) is 0.462. The molecule has 0 saturated carbocycles. The van der Waals surface area contributed by atoms with Gasteiger partial charge in [0.25, 0.3) is 0 Å². The highest BCUT2D eigenvalue weighted by molar-refractivity contribution is 5.81. The lowest BCUT2D eigenvalue weighted by Gasteiger charge is -2.22. The first-order valence-corrected chi connectivity index (χ1v) is 5.51. The lowest BCUT2D eigenvalue weighted by molar-refractivity contribution is -0.144. The van der Waals surface area contributed by atoms with Crippen LogP contribution in [-0.2, 0) is 10.2 Å². The van der Waals surface area contributed by atoms with Gasteiger partial charge in [0.15, 0.2) is 0 Å². The van der Waals surface area contributed by atoms with Crippen LogP contribution in [0.15, 0.2) is 24.3 Å². The second-order valence-corrected chi connectivity index (χ2v) is 4.49.